The third kappa shape index (κ3) is 3.53. The summed E-state index contributed by atoms with van der Waals surface area (Å²) in [6.45, 7) is 2.09. The molecule has 0 fully saturated rings. The van der Waals surface area contributed by atoms with Crippen molar-refractivity contribution in [2.75, 3.05) is 0 Å². The van der Waals surface area contributed by atoms with Crippen LogP contribution in [0.25, 0.3) is 10.9 Å². The zero-order valence-corrected chi connectivity index (χ0v) is 20.4. The number of halogens is 1. The summed E-state index contributed by atoms with van der Waals surface area (Å²) in [6, 6.07) is 35.0. The highest BCUT2D eigenvalue weighted by Gasteiger charge is 2.55. The molecule has 0 saturated carbocycles. The Bertz CT molecular complexity index is 1590. The molecule has 176 valence electrons. The number of ether oxygens (including phenoxy) is 1. The number of benzene rings is 4. The number of aromatic amines is 1. The Balaban J connectivity index is 1.68. The largest absolute Gasteiger partial charge is 0.405 e. The SMILES string of the molecule is Cc1c([C@@H](c2ccccc2)[C@@]2(c3ccc(Cl)cc3)N=C(c3ccccc3)OC2=O)[nH]c2ccccc12. The van der Waals surface area contributed by atoms with Crippen molar-refractivity contribution in [3.05, 3.63) is 142 Å². The second kappa shape index (κ2) is 8.81. The molecular weight excluding hydrogens is 468 g/mol. The molecule has 1 aliphatic rings. The molecule has 0 saturated heterocycles. The minimum atomic E-state index is -1.36. The maximum atomic E-state index is 14.1. The van der Waals surface area contributed by atoms with E-state index in [1.54, 1.807) is 12.1 Å². The third-order valence-corrected chi connectivity index (χ3v) is 7.18. The summed E-state index contributed by atoms with van der Waals surface area (Å²) in [7, 11) is 0. The van der Waals surface area contributed by atoms with Crippen LogP contribution >= 0.6 is 11.6 Å². The number of aliphatic imine (C=N–C) groups is 1. The van der Waals surface area contributed by atoms with Crippen LogP contribution in [0.15, 0.2) is 114 Å². The number of nitrogens with zero attached hydrogens (tertiary/aromatic N) is 1. The van der Waals surface area contributed by atoms with Gasteiger partial charge in [-0.25, -0.2) is 9.79 Å². The van der Waals surface area contributed by atoms with Crippen LogP contribution in [0.2, 0.25) is 5.02 Å². The smallest absolute Gasteiger partial charge is 0.346 e. The Labute approximate surface area is 214 Å². The van der Waals surface area contributed by atoms with Gasteiger partial charge in [0.15, 0.2) is 5.54 Å². The van der Waals surface area contributed by atoms with Gasteiger partial charge in [-0.2, -0.15) is 0 Å². The zero-order valence-electron chi connectivity index (χ0n) is 19.6. The van der Waals surface area contributed by atoms with E-state index in [0.29, 0.717) is 10.9 Å². The molecule has 5 heteroatoms. The van der Waals surface area contributed by atoms with E-state index < -0.39 is 17.4 Å². The molecule has 0 radical (unpaired) electrons. The van der Waals surface area contributed by atoms with E-state index in [9.17, 15) is 4.79 Å². The van der Waals surface area contributed by atoms with Crippen LogP contribution in [0.5, 0.6) is 0 Å². The standard InChI is InChI=1S/C31H23ClN2O2/c1-20-25-14-8-9-15-26(25)33-28(20)27(21-10-4-2-5-11-21)31(23-16-18-24(32)19-17-23)30(35)36-29(34-31)22-12-6-3-7-13-22/h2-19,27,33H,1H3/t27-,31-/m1/s1. The molecule has 0 amide bonds. The normalized spacial score (nSPS) is 18.2. The van der Waals surface area contributed by atoms with Crippen molar-refractivity contribution in [1.82, 2.24) is 4.98 Å². The summed E-state index contributed by atoms with van der Waals surface area (Å²) in [5.74, 6) is -0.582. The predicted molar refractivity (Wildman–Crippen MR) is 144 cm³/mol. The van der Waals surface area contributed by atoms with E-state index in [1.807, 2.05) is 84.9 Å². The summed E-state index contributed by atoms with van der Waals surface area (Å²) in [4.78, 5) is 22.8. The van der Waals surface area contributed by atoms with Crippen molar-refractivity contribution in [2.45, 2.75) is 18.4 Å². The summed E-state index contributed by atoms with van der Waals surface area (Å²) in [5.41, 5.74) is 4.07. The lowest BCUT2D eigenvalue weighted by molar-refractivity contribution is -0.140. The van der Waals surface area contributed by atoms with Crippen molar-refractivity contribution in [3.8, 4) is 0 Å². The second-order valence-electron chi connectivity index (χ2n) is 9.00. The fourth-order valence-corrected chi connectivity index (χ4v) is 5.31. The molecular formula is C31H23ClN2O2. The Morgan fingerprint density at radius 1 is 0.833 bits per heavy atom. The van der Waals surface area contributed by atoms with Gasteiger partial charge in [0, 0.05) is 27.2 Å². The van der Waals surface area contributed by atoms with Crippen LogP contribution in [0.1, 0.15) is 33.9 Å². The van der Waals surface area contributed by atoms with Gasteiger partial charge in [0.05, 0.1) is 5.92 Å². The topological polar surface area (TPSA) is 54.4 Å². The fraction of sp³-hybridized carbons (Fsp3) is 0.0968. The summed E-state index contributed by atoms with van der Waals surface area (Å²) in [6.07, 6.45) is 0. The maximum absolute atomic E-state index is 14.1. The molecule has 0 spiro atoms. The molecule has 5 aromatic rings. The number of H-pyrrole nitrogens is 1. The molecule has 4 aromatic carbocycles. The number of carbonyl (C=O) groups is 1. The van der Waals surface area contributed by atoms with E-state index in [1.165, 1.54) is 0 Å². The first-order valence-electron chi connectivity index (χ1n) is 11.8. The van der Waals surface area contributed by atoms with Gasteiger partial charge >= 0.3 is 5.97 Å². The van der Waals surface area contributed by atoms with Crippen molar-refractivity contribution >= 4 is 34.4 Å². The fourth-order valence-electron chi connectivity index (χ4n) is 5.19. The molecule has 2 heterocycles. The average molecular weight is 491 g/mol. The molecule has 0 unspecified atom stereocenters. The van der Waals surface area contributed by atoms with Crippen LogP contribution < -0.4 is 0 Å². The van der Waals surface area contributed by atoms with Crippen molar-refractivity contribution in [2.24, 2.45) is 4.99 Å². The number of para-hydroxylation sites is 1. The molecule has 1 aliphatic heterocycles. The second-order valence-corrected chi connectivity index (χ2v) is 9.44. The van der Waals surface area contributed by atoms with Gasteiger partial charge in [-0.3, -0.25) is 0 Å². The number of aromatic nitrogens is 1. The van der Waals surface area contributed by atoms with E-state index in [0.717, 1.165) is 38.9 Å². The molecule has 36 heavy (non-hydrogen) atoms. The maximum Gasteiger partial charge on any atom is 0.346 e. The number of hydrogen-bond acceptors (Lipinski definition) is 3. The van der Waals surface area contributed by atoms with Gasteiger partial charge in [0.25, 0.3) is 0 Å². The van der Waals surface area contributed by atoms with Crippen LogP contribution in [0.4, 0.5) is 0 Å². The summed E-state index contributed by atoms with van der Waals surface area (Å²) < 4.78 is 5.95. The molecule has 4 nitrogen and oxygen atoms in total. The first-order chi connectivity index (χ1) is 17.6. The van der Waals surface area contributed by atoms with Gasteiger partial charge in [0.1, 0.15) is 0 Å². The third-order valence-electron chi connectivity index (χ3n) is 6.93. The van der Waals surface area contributed by atoms with E-state index >= 15 is 0 Å². The zero-order chi connectivity index (χ0) is 24.7. The van der Waals surface area contributed by atoms with Crippen molar-refractivity contribution < 1.29 is 9.53 Å². The minimum Gasteiger partial charge on any atom is -0.405 e. The molecule has 1 aromatic heterocycles. The lowest BCUT2D eigenvalue weighted by Crippen LogP contribution is -2.39. The molecule has 2 atom stereocenters. The predicted octanol–water partition coefficient (Wildman–Crippen LogP) is 7.16. The Kier molecular flexibility index (Phi) is 5.46. The number of esters is 1. The van der Waals surface area contributed by atoms with Crippen LogP contribution in [0.3, 0.4) is 0 Å². The first kappa shape index (κ1) is 22.3. The molecule has 0 bridgehead atoms. The van der Waals surface area contributed by atoms with Crippen molar-refractivity contribution in [1.29, 1.82) is 0 Å². The molecule has 6 rings (SSSR count). The highest BCUT2D eigenvalue weighted by Crippen LogP contribution is 2.50. The van der Waals surface area contributed by atoms with Gasteiger partial charge in [-0.15, -0.1) is 0 Å². The Morgan fingerprint density at radius 3 is 2.17 bits per heavy atom. The van der Waals surface area contributed by atoms with Gasteiger partial charge in [-0.05, 0) is 53.9 Å². The lowest BCUT2D eigenvalue weighted by atomic mass is 9.72. The Morgan fingerprint density at radius 2 is 1.47 bits per heavy atom. The number of hydrogen-bond donors (Lipinski definition) is 1. The molecule has 1 N–H and O–H groups in total. The highest BCUT2D eigenvalue weighted by atomic mass is 35.5. The van der Waals surface area contributed by atoms with Gasteiger partial charge < -0.3 is 9.72 Å². The monoisotopic (exact) mass is 490 g/mol. The number of fused-ring (bicyclic) bond motifs is 1. The first-order valence-corrected chi connectivity index (χ1v) is 12.2. The Hall–Kier alpha value is -4.15. The summed E-state index contributed by atoms with van der Waals surface area (Å²) in [5, 5.41) is 1.70. The summed E-state index contributed by atoms with van der Waals surface area (Å²) >= 11 is 6.26. The number of nitrogens with one attached hydrogen (secondary N) is 1. The quantitative estimate of drug-likeness (QED) is 0.266. The number of carbonyl (C=O) groups excluding carboxylic acids is 1. The number of aryl methyl sites for hydroxylation is 1. The van der Waals surface area contributed by atoms with Gasteiger partial charge in [-0.1, -0.05) is 90.5 Å². The lowest BCUT2D eigenvalue weighted by Gasteiger charge is -2.32. The molecule has 0 aliphatic carbocycles. The van der Waals surface area contributed by atoms with E-state index in [4.69, 9.17) is 21.3 Å². The number of rotatable bonds is 5. The number of cyclic esters (lactones) is 1. The average Bonchev–Trinajstić information content (AvgIpc) is 3.44. The van der Waals surface area contributed by atoms with Crippen molar-refractivity contribution in [3.63, 3.8) is 0 Å². The minimum absolute atomic E-state index is 0.310. The van der Waals surface area contributed by atoms with Gasteiger partial charge in [0.2, 0.25) is 5.90 Å². The highest BCUT2D eigenvalue weighted by molar-refractivity contribution is 6.30. The van der Waals surface area contributed by atoms with Crippen LogP contribution in [-0.2, 0) is 15.1 Å². The van der Waals surface area contributed by atoms with Crippen LogP contribution in [0, 0.1) is 6.92 Å². The van der Waals surface area contributed by atoms with E-state index in [2.05, 4.69) is 24.0 Å². The van der Waals surface area contributed by atoms with Crippen LogP contribution in [-0.4, -0.2) is 16.9 Å². The van der Waals surface area contributed by atoms with E-state index in [-0.39, 0.29) is 0 Å².